The molecule has 1 aliphatic heterocycles. The maximum atomic E-state index is 11.2. The first-order valence-corrected chi connectivity index (χ1v) is 6.63. The van der Waals surface area contributed by atoms with Crippen LogP contribution in [0.25, 0.3) is 0 Å². The lowest BCUT2D eigenvalue weighted by molar-refractivity contribution is -0.147. The minimum atomic E-state index is -0.882. The number of hydrogen-bond donors (Lipinski definition) is 2. The van der Waals surface area contributed by atoms with Crippen molar-refractivity contribution in [1.29, 1.82) is 0 Å². The van der Waals surface area contributed by atoms with Crippen molar-refractivity contribution in [2.45, 2.75) is 32.7 Å². The monoisotopic (exact) mass is 283 g/mol. The molecule has 5 heteroatoms. The van der Waals surface area contributed by atoms with Crippen LogP contribution in [-0.4, -0.2) is 17.7 Å². The highest BCUT2D eigenvalue weighted by Gasteiger charge is 2.32. The lowest BCUT2D eigenvalue weighted by Gasteiger charge is -2.24. The van der Waals surface area contributed by atoms with Crippen molar-refractivity contribution in [3.05, 3.63) is 28.3 Å². The van der Waals surface area contributed by atoms with Crippen molar-refractivity contribution in [3.8, 4) is 5.75 Å². The van der Waals surface area contributed by atoms with Crippen molar-refractivity contribution in [1.82, 2.24) is 0 Å². The van der Waals surface area contributed by atoms with Gasteiger partial charge in [0.15, 0.2) is 0 Å². The minimum Gasteiger partial charge on any atom is -0.493 e. The highest BCUT2D eigenvalue weighted by Crippen LogP contribution is 2.39. The average Bonchev–Trinajstić information content (AvgIpc) is 2.74. The summed E-state index contributed by atoms with van der Waals surface area (Å²) in [6.07, 6.45) is 1.15. The molecule has 0 fully saturated rings. The summed E-state index contributed by atoms with van der Waals surface area (Å²) in [6.45, 7) is 3.96. The second-order valence-electron chi connectivity index (χ2n) is 5.58. The summed E-state index contributed by atoms with van der Waals surface area (Å²) in [6, 6.07) is 3.24. The van der Waals surface area contributed by atoms with Gasteiger partial charge in [-0.3, -0.25) is 4.79 Å². The predicted molar refractivity (Wildman–Crippen MR) is 73.6 cm³/mol. The molecular weight excluding hydrogens is 266 g/mol. The maximum Gasteiger partial charge on any atom is 0.309 e. The molecule has 19 heavy (non-hydrogen) atoms. The Balaban J connectivity index is 2.30. The molecule has 4 nitrogen and oxygen atoms in total. The van der Waals surface area contributed by atoms with E-state index in [0.29, 0.717) is 18.1 Å². The van der Waals surface area contributed by atoms with Crippen LogP contribution in [0, 0.1) is 5.41 Å². The Morgan fingerprint density at radius 2 is 2.26 bits per heavy atom. The summed E-state index contributed by atoms with van der Waals surface area (Å²) in [4.78, 5) is 11.2. The van der Waals surface area contributed by atoms with Gasteiger partial charge in [0, 0.05) is 23.0 Å². The fourth-order valence-electron chi connectivity index (χ4n) is 2.32. The van der Waals surface area contributed by atoms with Crippen LogP contribution in [0.1, 0.15) is 37.4 Å². The number of carboxylic acids is 1. The topological polar surface area (TPSA) is 72.5 Å². The largest absolute Gasteiger partial charge is 0.493 e. The zero-order valence-electron chi connectivity index (χ0n) is 11.1. The number of rotatable bonds is 4. The fraction of sp³-hybridized carbons (Fsp3) is 0.500. The molecule has 0 saturated carbocycles. The third-order valence-corrected chi connectivity index (χ3v) is 3.70. The molecule has 1 aromatic rings. The van der Waals surface area contributed by atoms with Crippen LogP contribution in [0.5, 0.6) is 5.75 Å². The van der Waals surface area contributed by atoms with Gasteiger partial charge in [0.25, 0.3) is 0 Å². The molecule has 3 N–H and O–H groups in total. The standard InChI is InChI=1S/C14H18ClNO3/c1-14(2,13(17)18)7-11(16)10-6-9(15)5-8-3-4-19-12(8)10/h5-6,11H,3-4,7,16H2,1-2H3,(H,17,18). The predicted octanol–water partition coefficient (Wildman–Crippen LogP) is 2.78. The van der Waals surface area contributed by atoms with Gasteiger partial charge in [-0.1, -0.05) is 11.6 Å². The van der Waals surface area contributed by atoms with E-state index in [1.165, 1.54) is 0 Å². The Labute approximate surface area is 117 Å². The van der Waals surface area contributed by atoms with Gasteiger partial charge < -0.3 is 15.6 Å². The zero-order valence-corrected chi connectivity index (χ0v) is 11.8. The normalized spacial score (nSPS) is 15.8. The number of ether oxygens (including phenoxy) is 1. The highest BCUT2D eigenvalue weighted by atomic mass is 35.5. The molecule has 0 aliphatic carbocycles. The van der Waals surface area contributed by atoms with Gasteiger partial charge in [-0.2, -0.15) is 0 Å². The van der Waals surface area contributed by atoms with Gasteiger partial charge >= 0.3 is 5.97 Å². The van der Waals surface area contributed by atoms with Crippen LogP contribution >= 0.6 is 11.6 Å². The SMILES string of the molecule is CC(C)(CC(N)c1cc(Cl)cc2c1OCC2)C(=O)O. The lowest BCUT2D eigenvalue weighted by atomic mass is 9.83. The molecule has 0 aromatic heterocycles. The van der Waals surface area contributed by atoms with Crippen LogP contribution in [0.2, 0.25) is 5.02 Å². The number of fused-ring (bicyclic) bond motifs is 1. The Bertz CT molecular complexity index is 514. The van der Waals surface area contributed by atoms with E-state index < -0.39 is 17.4 Å². The average molecular weight is 284 g/mol. The molecular formula is C14H18ClNO3. The fourth-order valence-corrected chi connectivity index (χ4v) is 2.57. The second-order valence-corrected chi connectivity index (χ2v) is 6.02. The first kappa shape index (κ1) is 14.2. The summed E-state index contributed by atoms with van der Waals surface area (Å²) in [5, 5.41) is 9.79. The molecule has 1 heterocycles. The van der Waals surface area contributed by atoms with Crippen LogP contribution in [0.4, 0.5) is 0 Å². The van der Waals surface area contributed by atoms with Gasteiger partial charge in [0.1, 0.15) is 5.75 Å². The van der Waals surface area contributed by atoms with E-state index >= 15 is 0 Å². The van der Waals surface area contributed by atoms with E-state index in [9.17, 15) is 9.90 Å². The van der Waals surface area contributed by atoms with E-state index in [2.05, 4.69) is 0 Å². The van der Waals surface area contributed by atoms with Crippen molar-refractivity contribution in [2.24, 2.45) is 11.1 Å². The first-order chi connectivity index (χ1) is 8.81. The van der Waals surface area contributed by atoms with Gasteiger partial charge in [0.05, 0.1) is 12.0 Å². The number of hydrogen-bond acceptors (Lipinski definition) is 3. The molecule has 0 amide bonds. The zero-order chi connectivity index (χ0) is 14.2. The molecule has 0 bridgehead atoms. The van der Waals surface area contributed by atoms with Crippen molar-refractivity contribution >= 4 is 17.6 Å². The van der Waals surface area contributed by atoms with Crippen molar-refractivity contribution in [3.63, 3.8) is 0 Å². The third-order valence-electron chi connectivity index (χ3n) is 3.49. The Hall–Kier alpha value is -1.26. The quantitative estimate of drug-likeness (QED) is 0.891. The third kappa shape index (κ3) is 2.85. The van der Waals surface area contributed by atoms with Crippen LogP contribution in [-0.2, 0) is 11.2 Å². The summed E-state index contributed by atoms with van der Waals surface area (Å²) >= 11 is 6.08. The first-order valence-electron chi connectivity index (χ1n) is 6.25. The van der Waals surface area contributed by atoms with Crippen molar-refractivity contribution < 1.29 is 14.6 Å². The molecule has 2 rings (SSSR count). The summed E-state index contributed by atoms with van der Waals surface area (Å²) in [7, 11) is 0. The van der Waals surface area contributed by atoms with Gasteiger partial charge in [-0.25, -0.2) is 0 Å². The van der Waals surface area contributed by atoms with Crippen LogP contribution < -0.4 is 10.5 Å². The van der Waals surface area contributed by atoms with E-state index in [1.54, 1.807) is 19.9 Å². The van der Waals surface area contributed by atoms with Gasteiger partial charge in [-0.15, -0.1) is 0 Å². The Morgan fingerprint density at radius 1 is 1.58 bits per heavy atom. The molecule has 0 spiro atoms. The van der Waals surface area contributed by atoms with Gasteiger partial charge in [-0.05, 0) is 38.0 Å². The summed E-state index contributed by atoms with van der Waals surface area (Å²) in [5.41, 5.74) is 7.12. The molecule has 0 radical (unpaired) electrons. The molecule has 104 valence electrons. The number of benzene rings is 1. The van der Waals surface area contributed by atoms with E-state index in [4.69, 9.17) is 22.1 Å². The lowest BCUT2D eigenvalue weighted by Crippen LogP contribution is -2.29. The molecule has 0 saturated heterocycles. The highest BCUT2D eigenvalue weighted by molar-refractivity contribution is 6.30. The number of halogens is 1. The number of nitrogens with two attached hydrogens (primary N) is 1. The van der Waals surface area contributed by atoms with E-state index in [1.807, 2.05) is 6.07 Å². The molecule has 1 atom stereocenters. The van der Waals surface area contributed by atoms with Crippen LogP contribution in [0.15, 0.2) is 12.1 Å². The Morgan fingerprint density at radius 3 is 2.89 bits per heavy atom. The number of aliphatic carboxylic acids is 1. The van der Waals surface area contributed by atoms with E-state index in [0.717, 1.165) is 23.3 Å². The van der Waals surface area contributed by atoms with Crippen molar-refractivity contribution in [2.75, 3.05) is 6.61 Å². The molecule has 1 unspecified atom stereocenters. The second kappa shape index (κ2) is 5.02. The minimum absolute atomic E-state index is 0.332. The van der Waals surface area contributed by atoms with Gasteiger partial charge in [0.2, 0.25) is 0 Å². The maximum absolute atomic E-state index is 11.2. The number of carboxylic acid groups (broad SMARTS) is 1. The Kier molecular flexibility index (Phi) is 3.74. The smallest absolute Gasteiger partial charge is 0.309 e. The molecule has 1 aliphatic rings. The van der Waals surface area contributed by atoms with Crippen LogP contribution in [0.3, 0.4) is 0 Å². The summed E-state index contributed by atoms with van der Waals surface area (Å²) in [5.74, 6) is -0.0827. The number of carbonyl (C=O) groups is 1. The molecule has 1 aromatic carbocycles. The van der Waals surface area contributed by atoms with E-state index in [-0.39, 0.29) is 0 Å². The summed E-state index contributed by atoms with van der Waals surface area (Å²) < 4.78 is 5.59.